The number of aromatic nitrogens is 1. The van der Waals surface area contributed by atoms with Crippen molar-refractivity contribution in [3.63, 3.8) is 0 Å². The maximum Gasteiger partial charge on any atom is 0.231 e. The number of hydrogen-bond donors (Lipinski definition) is 2. The third-order valence-electron chi connectivity index (χ3n) is 4.48. The fourth-order valence-corrected chi connectivity index (χ4v) is 3.99. The van der Waals surface area contributed by atoms with E-state index in [0.29, 0.717) is 10.0 Å². The fourth-order valence-electron chi connectivity index (χ4n) is 3.16. The van der Waals surface area contributed by atoms with Gasteiger partial charge in [-0.05, 0) is 35.0 Å². The van der Waals surface area contributed by atoms with Crippen LogP contribution in [0, 0.1) is 0 Å². The van der Waals surface area contributed by atoms with Gasteiger partial charge in [0.2, 0.25) is 5.88 Å². The van der Waals surface area contributed by atoms with Gasteiger partial charge in [0.1, 0.15) is 0 Å². The van der Waals surface area contributed by atoms with Gasteiger partial charge in [0, 0.05) is 23.0 Å². The first-order valence-electron chi connectivity index (χ1n) is 8.57. The minimum absolute atomic E-state index is 0.0218. The van der Waals surface area contributed by atoms with E-state index < -0.39 is 0 Å². The second kappa shape index (κ2) is 6.37. The zero-order valence-corrected chi connectivity index (χ0v) is 15.1. The molecule has 5 rings (SSSR count). The molecule has 0 spiro atoms. The molecule has 4 aromatic rings. The number of aliphatic imine (C=N–C) groups is 1. The molecule has 0 saturated heterocycles. The molecule has 3 aromatic carbocycles. The Morgan fingerprint density at radius 3 is 2.67 bits per heavy atom. The maximum atomic E-state index is 10.3. The van der Waals surface area contributed by atoms with Gasteiger partial charge in [0.05, 0.1) is 10.6 Å². The number of hydrogen-bond acceptors (Lipinski definition) is 5. The highest BCUT2D eigenvalue weighted by molar-refractivity contribution is 7.16. The van der Waals surface area contributed by atoms with Crippen LogP contribution in [0.3, 0.4) is 0 Å². The molecule has 1 aliphatic rings. The first-order chi connectivity index (χ1) is 13.3. The molecule has 0 amide bonds. The lowest BCUT2D eigenvalue weighted by Crippen LogP contribution is -1.88. The van der Waals surface area contributed by atoms with Crippen LogP contribution in [-0.2, 0) is 0 Å². The van der Waals surface area contributed by atoms with Crippen molar-refractivity contribution in [1.82, 2.24) is 4.98 Å². The third kappa shape index (κ3) is 2.98. The predicted octanol–water partition coefficient (Wildman–Crippen LogP) is 6.00. The Balaban J connectivity index is 1.44. The third-order valence-corrected chi connectivity index (χ3v) is 5.39. The molecule has 1 aromatic heterocycles. The van der Waals surface area contributed by atoms with Crippen molar-refractivity contribution in [2.45, 2.75) is 0 Å². The number of para-hydroxylation sites is 1. The molecular weight excluding hydrogens is 354 g/mol. The molecule has 0 fully saturated rings. The number of allylic oxidation sites excluding steroid dienone is 1. The average Bonchev–Trinajstić information content (AvgIpc) is 3.25. The van der Waals surface area contributed by atoms with E-state index in [2.05, 4.69) is 39.6 Å². The molecular formula is C22H15N3OS. The molecule has 130 valence electrons. The van der Waals surface area contributed by atoms with Gasteiger partial charge in [-0.2, -0.15) is 4.98 Å². The van der Waals surface area contributed by atoms with Gasteiger partial charge in [0.15, 0.2) is 5.13 Å². The summed E-state index contributed by atoms with van der Waals surface area (Å²) in [5.74, 6) is 0.0218. The normalized spacial score (nSPS) is 14.0. The lowest BCUT2D eigenvalue weighted by molar-refractivity contribution is 0.457. The van der Waals surface area contributed by atoms with Gasteiger partial charge in [-0.1, -0.05) is 59.9 Å². The summed E-state index contributed by atoms with van der Waals surface area (Å²) in [6.45, 7) is 0. The van der Waals surface area contributed by atoms with Crippen LogP contribution in [0.5, 0.6) is 5.88 Å². The van der Waals surface area contributed by atoms with Crippen LogP contribution in [0.2, 0.25) is 0 Å². The number of fused-ring (bicyclic) bond motifs is 2. The standard InChI is InChI=1S/C22H15N3OS/c26-21-20(12-16-13-23-19-8-4-3-7-18(16)19)27-22(25-21)24-17-10-9-14-5-1-2-6-15(14)11-17/h1-13,26H,(H,24,25). The summed E-state index contributed by atoms with van der Waals surface area (Å²) < 4.78 is 0. The van der Waals surface area contributed by atoms with E-state index in [1.165, 1.54) is 16.7 Å². The van der Waals surface area contributed by atoms with E-state index in [4.69, 9.17) is 0 Å². The second-order valence-electron chi connectivity index (χ2n) is 6.27. The van der Waals surface area contributed by atoms with Gasteiger partial charge < -0.3 is 10.4 Å². The van der Waals surface area contributed by atoms with Crippen LogP contribution < -0.4 is 5.32 Å². The number of benzene rings is 3. The number of anilines is 2. The number of rotatable bonds is 3. The smallest absolute Gasteiger partial charge is 0.231 e. The highest BCUT2D eigenvalue weighted by Crippen LogP contribution is 2.37. The lowest BCUT2D eigenvalue weighted by Gasteiger charge is -2.04. The fraction of sp³-hybridized carbons (Fsp3) is 0. The van der Waals surface area contributed by atoms with E-state index in [1.807, 2.05) is 54.8 Å². The minimum atomic E-state index is 0.0218. The van der Waals surface area contributed by atoms with Crippen LogP contribution in [0.15, 0.2) is 71.7 Å². The van der Waals surface area contributed by atoms with Crippen molar-refractivity contribution in [2.75, 3.05) is 5.32 Å². The Labute approximate surface area is 160 Å². The molecule has 5 heteroatoms. The molecule has 0 radical (unpaired) electrons. The zero-order chi connectivity index (χ0) is 18.2. The number of aromatic hydroxyl groups is 1. The van der Waals surface area contributed by atoms with Crippen molar-refractivity contribution in [2.24, 2.45) is 4.99 Å². The summed E-state index contributed by atoms with van der Waals surface area (Å²) in [7, 11) is 0. The quantitative estimate of drug-likeness (QED) is 0.465. The van der Waals surface area contributed by atoms with Crippen LogP contribution in [0.4, 0.5) is 16.5 Å². The van der Waals surface area contributed by atoms with Gasteiger partial charge in [0.25, 0.3) is 0 Å². The molecule has 4 nitrogen and oxygen atoms in total. The van der Waals surface area contributed by atoms with Gasteiger partial charge >= 0.3 is 0 Å². The van der Waals surface area contributed by atoms with Crippen LogP contribution in [-0.4, -0.2) is 16.3 Å². The van der Waals surface area contributed by atoms with Crippen LogP contribution >= 0.6 is 11.3 Å². The molecule has 0 aliphatic carbocycles. The Bertz CT molecular complexity index is 1220. The summed E-state index contributed by atoms with van der Waals surface area (Å²) in [6.07, 6.45) is 3.74. The van der Waals surface area contributed by atoms with Crippen molar-refractivity contribution >= 4 is 56.5 Å². The van der Waals surface area contributed by atoms with E-state index in [-0.39, 0.29) is 5.88 Å². The van der Waals surface area contributed by atoms with Crippen molar-refractivity contribution < 1.29 is 5.11 Å². The van der Waals surface area contributed by atoms with Crippen LogP contribution in [0.25, 0.3) is 22.4 Å². The largest absolute Gasteiger partial charge is 0.492 e. The SMILES string of the molecule is Oc1nc(Nc2ccc3ccccc3c2)sc1C=C1C=Nc2ccccc21. The second-order valence-corrected chi connectivity index (χ2v) is 7.30. The Kier molecular flexibility index (Phi) is 3.73. The van der Waals surface area contributed by atoms with E-state index in [9.17, 15) is 5.11 Å². The molecule has 1 aliphatic heterocycles. The predicted molar refractivity (Wildman–Crippen MR) is 113 cm³/mol. The van der Waals surface area contributed by atoms with Gasteiger partial charge in [-0.15, -0.1) is 0 Å². The van der Waals surface area contributed by atoms with Gasteiger partial charge in [-0.3, -0.25) is 4.99 Å². The maximum absolute atomic E-state index is 10.3. The topological polar surface area (TPSA) is 57.5 Å². The summed E-state index contributed by atoms with van der Waals surface area (Å²) >= 11 is 1.41. The highest BCUT2D eigenvalue weighted by atomic mass is 32.1. The van der Waals surface area contributed by atoms with Gasteiger partial charge in [-0.25, -0.2) is 0 Å². The molecule has 0 saturated carbocycles. The van der Waals surface area contributed by atoms with E-state index in [1.54, 1.807) is 0 Å². The summed E-state index contributed by atoms with van der Waals surface area (Å²) in [5, 5.41) is 16.5. The number of nitrogens with one attached hydrogen (secondary N) is 1. The molecule has 0 unspecified atom stereocenters. The Hall–Kier alpha value is -3.44. The Morgan fingerprint density at radius 1 is 0.926 bits per heavy atom. The van der Waals surface area contributed by atoms with E-state index in [0.717, 1.165) is 27.9 Å². The molecule has 2 heterocycles. The number of thiazole rings is 1. The lowest BCUT2D eigenvalue weighted by atomic mass is 10.1. The minimum Gasteiger partial charge on any atom is -0.492 e. The highest BCUT2D eigenvalue weighted by Gasteiger charge is 2.14. The molecule has 2 N–H and O–H groups in total. The van der Waals surface area contributed by atoms with Crippen LogP contribution in [0.1, 0.15) is 10.4 Å². The molecule has 0 bridgehead atoms. The summed E-state index contributed by atoms with van der Waals surface area (Å²) in [6, 6.07) is 22.3. The first kappa shape index (κ1) is 15.8. The first-order valence-corrected chi connectivity index (χ1v) is 9.39. The monoisotopic (exact) mass is 369 g/mol. The molecule has 0 atom stereocenters. The van der Waals surface area contributed by atoms with Crippen molar-refractivity contribution in [3.05, 3.63) is 77.2 Å². The summed E-state index contributed by atoms with van der Waals surface area (Å²) in [4.78, 5) is 9.37. The summed E-state index contributed by atoms with van der Waals surface area (Å²) in [5.41, 5.74) is 3.92. The Morgan fingerprint density at radius 2 is 1.74 bits per heavy atom. The van der Waals surface area contributed by atoms with Crippen molar-refractivity contribution in [3.8, 4) is 5.88 Å². The van der Waals surface area contributed by atoms with Crippen molar-refractivity contribution in [1.29, 1.82) is 0 Å². The van der Waals surface area contributed by atoms with E-state index >= 15 is 0 Å². The zero-order valence-electron chi connectivity index (χ0n) is 14.3. The number of nitrogens with zero attached hydrogens (tertiary/aromatic N) is 2. The average molecular weight is 369 g/mol. The molecule has 27 heavy (non-hydrogen) atoms.